The first-order valence-electron chi connectivity index (χ1n) is 2.08. The van der Waals surface area contributed by atoms with Gasteiger partial charge < -0.3 is 0 Å². The minimum atomic E-state index is -2.61. The van der Waals surface area contributed by atoms with E-state index in [2.05, 4.69) is 0 Å². The van der Waals surface area contributed by atoms with E-state index in [1.54, 1.807) is 5.97 Å². The van der Waals surface area contributed by atoms with E-state index >= 15 is 0 Å². The van der Waals surface area contributed by atoms with Crippen LogP contribution in [0.3, 0.4) is 0 Å². The number of nitrogens with one attached hydrogen (secondary N) is 1. The molecule has 0 aromatic heterocycles. The van der Waals surface area contributed by atoms with Gasteiger partial charge >= 0.3 is 35.7 Å². The fourth-order valence-electron chi connectivity index (χ4n) is 0.183. The first-order valence-corrected chi connectivity index (χ1v) is 2.08. The first-order chi connectivity index (χ1) is 4.24. The minimum absolute atomic E-state index is 0. The zero-order chi connectivity index (χ0) is 7.33. The number of hydrogen-bond acceptors (Lipinski definition) is 3. The van der Waals surface area contributed by atoms with Crippen LogP contribution in [0, 0.1) is 39.7 Å². The summed E-state index contributed by atoms with van der Waals surface area (Å²) in [7, 11) is 0. The van der Waals surface area contributed by atoms with Gasteiger partial charge in [0.05, 0.1) is 5.97 Å². The van der Waals surface area contributed by atoms with Gasteiger partial charge in [0.2, 0.25) is 0 Å². The van der Waals surface area contributed by atoms with Crippen LogP contribution in [0.1, 0.15) is 0 Å². The molecule has 0 saturated carbocycles. The molecule has 1 N–H and O–H groups in total. The molecule has 6 heteroatoms. The van der Waals surface area contributed by atoms with Crippen molar-refractivity contribution in [3.63, 3.8) is 0 Å². The van der Waals surface area contributed by atoms with Crippen molar-refractivity contribution in [2.45, 2.75) is 0 Å². The molecular weight excluding hydrogens is 138 g/mol. The largest absolute Gasteiger partial charge is 1.00 e. The van der Waals surface area contributed by atoms with Crippen LogP contribution in [-0.2, 0) is 0 Å². The van der Waals surface area contributed by atoms with E-state index in [0.29, 0.717) is 0 Å². The van der Waals surface area contributed by atoms with E-state index in [1.165, 1.54) is 17.9 Å². The topological polar surface area (TPSA) is 95.2 Å². The Hall–Kier alpha value is -0.975. The maximum atomic E-state index is 8.13. The molecule has 0 aromatic rings. The van der Waals surface area contributed by atoms with Gasteiger partial charge in [-0.2, -0.15) is 0 Å². The average Bonchev–Trinajstić information content (AvgIpc) is 1.95. The summed E-state index contributed by atoms with van der Waals surface area (Å²) in [6.07, 6.45) is -2.61. The van der Waals surface area contributed by atoms with Crippen molar-refractivity contribution in [3.05, 3.63) is 0 Å². The Morgan fingerprint density at radius 1 is 1.00 bits per heavy atom. The predicted molar refractivity (Wildman–Crippen MR) is 27.4 cm³/mol. The van der Waals surface area contributed by atoms with Gasteiger partial charge in [-0.3, -0.25) is 0 Å². The molecule has 0 unspecified atom stereocenters. The Labute approximate surface area is 80.5 Å². The molecule has 0 aliphatic heterocycles. The van der Waals surface area contributed by atoms with Crippen molar-refractivity contribution in [1.29, 1.82) is 15.8 Å². The van der Waals surface area contributed by atoms with Crippen LogP contribution >= 0.6 is 0 Å². The molecule has 0 aliphatic rings. The fraction of sp³-hybridized carbons (Fsp3) is 0. The Kier molecular flexibility index (Phi) is 5.73. The molecule has 0 heterocycles. The molecular formula is C4HBN4Na+. The van der Waals surface area contributed by atoms with E-state index in [1.807, 2.05) is 0 Å². The zero-order valence-electron chi connectivity index (χ0n) is 5.42. The fourth-order valence-corrected chi connectivity index (χ4v) is 0.183. The molecule has 10 heavy (non-hydrogen) atoms. The number of nitriles is 3. The normalized spacial score (nSPS) is 6.80. The van der Waals surface area contributed by atoms with Crippen molar-refractivity contribution in [2.24, 2.45) is 0 Å². The van der Waals surface area contributed by atoms with Crippen molar-refractivity contribution in [3.8, 4) is 23.9 Å². The number of rotatable bonds is 0. The van der Waals surface area contributed by atoms with Gasteiger partial charge in [-0.15, -0.1) is 5.26 Å². The summed E-state index contributed by atoms with van der Waals surface area (Å²) in [5, 5.41) is 30.8. The van der Waals surface area contributed by atoms with Crippen molar-refractivity contribution in [2.75, 3.05) is 0 Å². The molecule has 0 radical (unpaired) electrons. The van der Waals surface area contributed by atoms with Crippen LogP contribution in [-0.4, -0.2) is 6.15 Å². The SMILES string of the molecule is N#C[B-](C#N)(C#N)C#[NH+].[Na+]. The second kappa shape index (κ2) is 4.86. The molecule has 0 fully saturated rings. The van der Waals surface area contributed by atoms with E-state index in [0.717, 1.165) is 0 Å². The molecule has 0 rings (SSSR count). The maximum Gasteiger partial charge on any atom is 1.00 e. The van der Waals surface area contributed by atoms with Crippen molar-refractivity contribution >= 4 is 6.15 Å². The van der Waals surface area contributed by atoms with Gasteiger partial charge in [-0.05, 0) is 0 Å². The summed E-state index contributed by atoms with van der Waals surface area (Å²) in [4.78, 5) is 0. The average molecular weight is 139 g/mol. The molecule has 0 spiro atoms. The summed E-state index contributed by atoms with van der Waals surface area (Å²) in [6.45, 7) is 0. The predicted octanol–water partition coefficient (Wildman–Crippen LogP) is -5.06. The van der Waals surface area contributed by atoms with Gasteiger partial charge in [0.25, 0.3) is 0 Å². The van der Waals surface area contributed by atoms with Gasteiger partial charge in [0.1, 0.15) is 0 Å². The van der Waals surface area contributed by atoms with E-state index in [4.69, 9.17) is 21.0 Å². The Morgan fingerprint density at radius 2 is 1.30 bits per heavy atom. The van der Waals surface area contributed by atoms with Crippen LogP contribution in [0.15, 0.2) is 0 Å². The van der Waals surface area contributed by atoms with Crippen LogP contribution in [0.2, 0.25) is 0 Å². The molecule has 0 aliphatic carbocycles. The van der Waals surface area contributed by atoms with E-state index in [9.17, 15) is 0 Å². The third-order valence-corrected chi connectivity index (χ3v) is 0.797. The summed E-state index contributed by atoms with van der Waals surface area (Å²) in [5.74, 6) is 5.81. The van der Waals surface area contributed by atoms with Crippen LogP contribution in [0.5, 0.6) is 0 Å². The minimum Gasteiger partial charge on any atom is -0.245 e. The van der Waals surface area contributed by atoms with Crippen molar-refractivity contribution in [1.82, 2.24) is 0 Å². The molecule has 0 aromatic carbocycles. The third kappa shape index (κ3) is 2.10. The smallest absolute Gasteiger partial charge is 0.245 e. The van der Waals surface area contributed by atoms with Crippen molar-refractivity contribution < 1.29 is 34.8 Å². The Morgan fingerprint density at radius 3 is 1.30 bits per heavy atom. The second-order valence-electron chi connectivity index (χ2n) is 1.40. The van der Waals surface area contributed by atoms with E-state index in [-0.39, 0.29) is 29.6 Å². The number of hydrogen-bond donors (Lipinski definition) is 1. The van der Waals surface area contributed by atoms with Crippen LogP contribution < -0.4 is 34.8 Å². The van der Waals surface area contributed by atoms with E-state index < -0.39 is 6.15 Å². The Bertz CT molecular complexity index is 210. The quantitative estimate of drug-likeness (QED) is 0.340. The van der Waals surface area contributed by atoms with Gasteiger partial charge in [0.15, 0.2) is 0 Å². The molecule has 4 nitrogen and oxygen atoms in total. The summed E-state index contributed by atoms with van der Waals surface area (Å²) < 4.78 is 0. The first kappa shape index (κ1) is 11.8. The standard InChI is InChI=1S/C4BN4.Na/c6-1-5(2-7,3-8)4-9;/q-1;+1/p+1. The summed E-state index contributed by atoms with van der Waals surface area (Å²) in [6, 6.07) is 0. The molecule has 0 bridgehead atoms. The monoisotopic (exact) mass is 139 g/mol. The second-order valence-corrected chi connectivity index (χ2v) is 1.40. The number of nitrogens with zero attached hydrogens (tertiary/aromatic N) is 3. The molecule has 0 saturated heterocycles. The summed E-state index contributed by atoms with van der Waals surface area (Å²) in [5.41, 5.74) is 0. The van der Waals surface area contributed by atoms with Crippen LogP contribution in [0.4, 0.5) is 0 Å². The van der Waals surface area contributed by atoms with Crippen LogP contribution in [0.25, 0.3) is 0 Å². The summed E-state index contributed by atoms with van der Waals surface area (Å²) >= 11 is 0. The third-order valence-electron chi connectivity index (χ3n) is 0.797. The van der Waals surface area contributed by atoms with Gasteiger partial charge in [-0.25, -0.2) is 15.8 Å². The van der Waals surface area contributed by atoms with Gasteiger partial charge in [-0.1, -0.05) is 17.9 Å². The maximum absolute atomic E-state index is 8.13. The molecule has 0 amide bonds. The molecule has 0 atom stereocenters. The Balaban J connectivity index is 0. The van der Waals surface area contributed by atoms with Gasteiger partial charge in [0, 0.05) is 0 Å². The zero-order valence-corrected chi connectivity index (χ0v) is 7.42. The molecule has 40 valence electrons.